The molecule has 0 aromatic heterocycles. The van der Waals surface area contributed by atoms with Crippen molar-refractivity contribution in [2.24, 2.45) is 0 Å². The lowest BCUT2D eigenvalue weighted by molar-refractivity contribution is 0.000883. The Morgan fingerprint density at radius 1 is 0.950 bits per heavy atom. The molecule has 0 saturated heterocycles. The first-order valence-corrected chi connectivity index (χ1v) is 6.88. The van der Waals surface area contributed by atoms with Gasteiger partial charge in [0.25, 0.3) is 0 Å². The van der Waals surface area contributed by atoms with Crippen molar-refractivity contribution in [2.45, 2.75) is 6.61 Å². The van der Waals surface area contributed by atoms with Crippen molar-refractivity contribution in [2.75, 3.05) is 52.5 Å². The van der Waals surface area contributed by atoms with Crippen LogP contribution in [0.4, 0.5) is 5.69 Å². The second-order valence-electron chi connectivity index (χ2n) is 4.12. The maximum Gasteiger partial charge on any atom is 0.0733 e. The fourth-order valence-corrected chi connectivity index (χ4v) is 1.64. The molecular weight excluding hydrogens is 282 g/mol. The summed E-state index contributed by atoms with van der Waals surface area (Å²) in [5.74, 6) is 0. The van der Waals surface area contributed by atoms with Crippen molar-refractivity contribution in [3.63, 3.8) is 0 Å². The van der Waals surface area contributed by atoms with Crippen LogP contribution in [-0.4, -0.2) is 46.8 Å². The van der Waals surface area contributed by atoms with E-state index in [1.807, 2.05) is 6.07 Å². The standard InChI is InChI=1S/C14H22ClNO4/c1-17-4-5-18-6-7-19-8-9-20-11-12-10-13(16)2-3-14(12)15/h2-3,10H,4-9,11,16H2,1H3. The molecule has 5 nitrogen and oxygen atoms in total. The highest BCUT2D eigenvalue weighted by molar-refractivity contribution is 6.31. The zero-order valence-corrected chi connectivity index (χ0v) is 12.5. The van der Waals surface area contributed by atoms with E-state index in [1.54, 1.807) is 19.2 Å². The van der Waals surface area contributed by atoms with Crippen LogP contribution in [0.5, 0.6) is 0 Å². The Labute approximate surface area is 124 Å². The molecule has 1 rings (SSSR count). The Hall–Kier alpha value is -0.850. The van der Waals surface area contributed by atoms with Gasteiger partial charge in [0, 0.05) is 17.8 Å². The van der Waals surface area contributed by atoms with E-state index in [0.717, 1.165) is 5.56 Å². The van der Waals surface area contributed by atoms with Crippen LogP contribution in [0.2, 0.25) is 5.02 Å². The minimum absolute atomic E-state index is 0.428. The summed E-state index contributed by atoms with van der Waals surface area (Å²) in [7, 11) is 1.64. The number of nitrogen functional groups attached to an aromatic ring is 1. The lowest BCUT2D eigenvalue weighted by Gasteiger charge is -2.08. The average Bonchev–Trinajstić information content (AvgIpc) is 2.44. The van der Waals surface area contributed by atoms with Crippen molar-refractivity contribution in [3.05, 3.63) is 28.8 Å². The van der Waals surface area contributed by atoms with E-state index in [-0.39, 0.29) is 0 Å². The van der Waals surface area contributed by atoms with Crippen LogP contribution in [0.15, 0.2) is 18.2 Å². The summed E-state index contributed by atoms with van der Waals surface area (Å²) in [6, 6.07) is 5.34. The molecule has 0 aliphatic rings. The van der Waals surface area contributed by atoms with Gasteiger partial charge >= 0.3 is 0 Å². The van der Waals surface area contributed by atoms with Gasteiger partial charge in [-0.25, -0.2) is 0 Å². The SMILES string of the molecule is COCCOCCOCCOCc1cc(N)ccc1Cl. The van der Waals surface area contributed by atoms with Gasteiger partial charge in [0.1, 0.15) is 0 Å². The fourth-order valence-electron chi connectivity index (χ4n) is 1.47. The van der Waals surface area contributed by atoms with Gasteiger partial charge in [0.15, 0.2) is 0 Å². The first-order chi connectivity index (χ1) is 9.74. The number of anilines is 1. The van der Waals surface area contributed by atoms with Crippen molar-refractivity contribution in [1.29, 1.82) is 0 Å². The molecule has 0 atom stereocenters. The highest BCUT2D eigenvalue weighted by Gasteiger charge is 2.01. The average molecular weight is 304 g/mol. The second-order valence-corrected chi connectivity index (χ2v) is 4.53. The van der Waals surface area contributed by atoms with Crippen molar-refractivity contribution in [3.8, 4) is 0 Å². The second kappa shape index (κ2) is 10.9. The minimum atomic E-state index is 0.428. The largest absolute Gasteiger partial charge is 0.399 e. The number of methoxy groups -OCH3 is 1. The Bertz CT molecular complexity index is 376. The number of ether oxygens (including phenoxy) is 4. The van der Waals surface area contributed by atoms with Gasteiger partial charge in [-0.05, 0) is 23.8 Å². The maximum atomic E-state index is 6.03. The van der Waals surface area contributed by atoms with Crippen LogP contribution >= 0.6 is 11.6 Å². The Morgan fingerprint density at radius 3 is 2.20 bits per heavy atom. The molecule has 20 heavy (non-hydrogen) atoms. The minimum Gasteiger partial charge on any atom is -0.399 e. The summed E-state index contributed by atoms with van der Waals surface area (Å²) in [6.07, 6.45) is 0. The van der Waals surface area contributed by atoms with Gasteiger partial charge in [0.2, 0.25) is 0 Å². The van der Waals surface area contributed by atoms with Crippen LogP contribution in [-0.2, 0) is 25.6 Å². The number of halogens is 1. The van der Waals surface area contributed by atoms with Gasteiger partial charge in [-0.3, -0.25) is 0 Å². The van der Waals surface area contributed by atoms with Gasteiger partial charge in [-0.15, -0.1) is 0 Å². The Morgan fingerprint density at radius 2 is 1.55 bits per heavy atom. The van der Waals surface area contributed by atoms with Crippen LogP contribution in [0.25, 0.3) is 0 Å². The van der Waals surface area contributed by atoms with E-state index in [1.165, 1.54) is 0 Å². The maximum absolute atomic E-state index is 6.03. The first-order valence-electron chi connectivity index (χ1n) is 6.50. The van der Waals surface area contributed by atoms with E-state index < -0.39 is 0 Å². The zero-order chi connectivity index (χ0) is 14.6. The number of hydrogen-bond donors (Lipinski definition) is 1. The summed E-state index contributed by atoms with van der Waals surface area (Å²) in [4.78, 5) is 0. The highest BCUT2D eigenvalue weighted by atomic mass is 35.5. The Kier molecular flexibility index (Phi) is 9.36. The molecule has 1 aromatic rings. The molecule has 0 radical (unpaired) electrons. The quantitative estimate of drug-likeness (QED) is 0.501. The third-order valence-electron chi connectivity index (χ3n) is 2.50. The lowest BCUT2D eigenvalue weighted by atomic mass is 10.2. The van der Waals surface area contributed by atoms with Gasteiger partial charge in [-0.2, -0.15) is 0 Å². The molecule has 1 aromatic carbocycles. The van der Waals surface area contributed by atoms with E-state index in [0.29, 0.717) is 57.0 Å². The predicted molar refractivity (Wildman–Crippen MR) is 79.0 cm³/mol. The molecule has 2 N–H and O–H groups in total. The number of nitrogens with two attached hydrogens (primary N) is 1. The highest BCUT2D eigenvalue weighted by Crippen LogP contribution is 2.19. The normalized spacial score (nSPS) is 10.9. The summed E-state index contributed by atoms with van der Waals surface area (Å²) in [6.45, 7) is 3.75. The first kappa shape index (κ1) is 17.2. The molecule has 0 saturated carbocycles. The molecule has 6 heteroatoms. The molecule has 0 aliphatic heterocycles. The van der Waals surface area contributed by atoms with Crippen LogP contribution < -0.4 is 5.73 Å². The topological polar surface area (TPSA) is 62.9 Å². The third-order valence-corrected chi connectivity index (χ3v) is 2.87. The molecule has 0 spiro atoms. The van der Waals surface area contributed by atoms with Gasteiger partial charge in [0.05, 0.1) is 46.2 Å². The monoisotopic (exact) mass is 303 g/mol. The number of rotatable bonds is 11. The van der Waals surface area contributed by atoms with Crippen molar-refractivity contribution < 1.29 is 18.9 Å². The third kappa shape index (κ3) is 7.67. The smallest absolute Gasteiger partial charge is 0.0733 e. The lowest BCUT2D eigenvalue weighted by Crippen LogP contribution is -2.11. The molecule has 0 amide bonds. The van der Waals surface area contributed by atoms with Crippen LogP contribution in [0.1, 0.15) is 5.56 Å². The number of hydrogen-bond acceptors (Lipinski definition) is 5. The summed E-state index contributed by atoms with van der Waals surface area (Å²) in [5.41, 5.74) is 7.25. The van der Waals surface area contributed by atoms with E-state index in [4.69, 9.17) is 36.3 Å². The predicted octanol–water partition coefficient (Wildman–Crippen LogP) is 2.12. The summed E-state index contributed by atoms with van der Waals surface area (Å²) in [5, 5.41) is 0.659. The molecule has 0 heterocycles. The van der Waals surface area contributed by atoms with Crippen molar-refractivity contribution in [1.82, 2.24) is 0 Å². The van der Waals surface area contributed by atoms with E-state index in [9.17, 15) is 0 Å². The van der Waals surface area contributed by atoms with Gasteiger partial charge < -0.3 is 24.7 Å². The fraction of sp³-hybridized carbons (Fsp3) is 0.571. The molecule has 0 unspecified atom stereocenters. The molecule has 0 bridgehead atoms. The van der Waals surface area contributed by atoms with Crippen LogP contribution in [0.3, 0.4) is 0 Å². The summed E-state index contributed by atoms with van der Waals surface area (Å²) >= 11 is 6.03. The molecule has 0 fully saturated rings. The van der Waals surface area contributed by atoms with Crippen LogP contribution in [0, 0.1) is 0 Å². The van der Waals surface area contributed by atoms with E-state index >= 15 is 0 Å². The van der Waals surface area contributed by atoms with Crippen molar-refractivity contribution >= 4 is 17.3 Å². The molecule has 114 valence electrons. The zero-order valence-electron chi connectivity index (χ0n) is 11.8. The Balaban J connectivity index is 1.98. The number of benzene rings is 1. The van der Waals surface area contributed by atoms with E-state index in [2.05, 4.69) is 0 Å². The molecule has 0 aliphatic carbocycles. The van der Waals surface area contributed by atoms with Gasteiger partial charge in [-0.1, -0.05) is 11.6 Å². The molecular formula is C14H22ClNO4. The summed E-state index contributed by atoms with van der Waals surface area (Å²) < 4.78 is 20.9.